The monoisotopic (exact) mass is 532 g/mol. The molecule has 2 aromatic carbocycles. The minimum Gasteiger partial charge on any atom is -0.382 e. The summed E-state index contributed by atoms with van der Waals surface area (Å²) in [6, 6.07) is 10.2. The van der Waals surface area contributed by atoms with Crippen LogP contribution in [0.3, 0.4) is 0 Å². The number of benzene rings is 2. The lowest BCUT2D eigenvalue weighted by Crippen LogP contribution is -2.65. The first-order valence-electron chi connectivity index (χ1n) is 10.4. The number of aromatic amines is 1. The number of alkyl halides is 2. The summed E-state index contributed by atoms with van der Waals surface area (Å²) in [5, 5.41) is 9.55. The molecule has 4 N–H and O–H groups in total. The van der Waals surface area contributed by atoms with Crippen LogP contribution in [-0.4, -0.2) is 65.4 Å². The molecule has 1 saturated heterocycles. The molecule has 176 valence electrons. The van der Waals surface area contributed by atoms with Gasteiger partial charge in [0.05, 0.1) is 12.1 Å². The zero-order valence-electron chi connectivity index (χ0n) is 17.6. The van der Waals surface area contributed by atoms with E-state index in [9.17, 15) is 23.2 Å². The van der Waals surface area contributed by atoms with Crippen LogP contribution >= 0.6 is 15.9 Å². The van der Waals surface area contributed by atoms with Gasteiger partial charge in [0.15, 0.2) is 5.82 Å². The third kappa shape index (κ3) is 3.40. The Hall–Kier alpha value is -3.54. The van der Waals surface area contributed by atoms with Crippen LogP contribution in [0.5, 0.6) is 0 Å². The number of amides is 3. The fraction of sp³-hybridized carbons (Fsp3) is 0.273. The fourth-order valence-electron chi connectivity index (χ4n) is 4.63. The van der Waals surface area contributed by atoms with Gasteiger partial charge >= 0.3 is 0 Å². The summed E-state index contributed by atoms with van der Waals surface area (Å²) >= 11 is 3.50. The predicted molar refractivity (Wildman–Crippen MR) is 124 cm³/mol. The molecule has 3 amide bonds. The number of rotatable bonds is 5. The van der Waals surface area contributed by atoms with Gasteiger partial charge in [0.25, 0.3) is 12.3 Å². The number of H-pyrrole nitrogens is 1. The van der Waals surface area contributed by atoms with E-state index in [1.165, 1.54) is 4.90 Å². The van der Waals surface area contributed by atoms with Gasteiger partial charge in [0.1, 0.15) is 12.0 Å². The van der Waals surface area contributed by atoms with E-state index >= 15 is 0 Å². The third-order valence-electron chi connectivity index (χ3n) is 6.22. The van der Waals surface area contributed by atoms with Crippen LogP contribution in [0.2, 0.25) is 0 Å². The molecule has 0 aliphatic carbocycles. The molecule has 0 radical (unpaired) electrons. The highest BCUT2D eigenvalue weighted by molar-refractivity contribution is 9.10. The molecule has 1 aromatic heterocycles. The van der Waals surface area contributed by atoms with Crippen LogP contribution < -0.4 is 16.0 Å². The Morgan fingerprint density at radius 3 is 2.76 bits per heavy atom. The summed E-state index contributed by atoms with van der Waals surface area (Å²) in [4.78, 5) is 41.7. The molecule has 1 spiro atoms. The molecular weight excluding hydrogens is 514 g/mol. The SMILES string of the molecule is Nc1n[nH]c2cc(C(=O)N3CC4(C3)C(=O)N(CC(=O)NCC(F)F)c3cccc(Br)c34)ccc12. The van der Waals surface area contributed by atoms with E-state index in [1.807, 2.05) is 0 Å². The van der Waals surface area contributed by atoms with Crippen molar-refractivity contribution < 1.29 is 23.2 Å². The van der Waals surface area contributed by atoms with Gasteiger partial charge in [-0.25, -0.2) is 8.78 Å². The van der Waals surface area contributed by atoms with Crippen LogP contribution in [0.4, 0.5) is 20.3 Å². The molecule has 0 unspecified atom stereocenters. The molecule has 3 heterocycles. The Balaban J connectivity index is 1.39. The van der Waals surface area contributed by atoms with Gasteiger partial charge in [-0.2, -0.15) is 5.10 Å². The number of likely N-dealkylation sites (tertiary alicyclic amines) is 1. The first-order valence-corrected chi connectivity index (χ1v) is 11.2. The summed E-state index contributed by atoms with van der Waals surface area (Å²) in [6.07, 6.45) is -2.69. The number of hydrogen-bond acceptors (Lipinski definition) is 5. The number of nitrogen functional groups attached to an aromatic ring is 1. The maximum atomic E-state index is 13.5. The Labute approximate surface area is 200 Å². The standard InChI is InChI=1S/C22H19BrF2N6O3/c23-13-2-1-3-15-18(13)22(21(34)31(15)8-17(32)27-7-16(24)25)9-30(10-22)20(33)11-4-5-12-14(6-11)28-29-19(12)26/h1-6,16H,7-10H2,(H,27,32)(H3,26,28,29). The van der Waals surface area contributed by atoms with Gasteiger partial charge in [0.2, 0.25) is 11.8 Å². The van der Waals surface area contributed by atoms with E-state index in [-0.39, 0.29) is 31.4 Å². The average Bonchev–Trinajstić information content (AvgIpc) is 3.27. The van der Waals surface area contributed by atoms with Gasteiger partial charge in [0, 0.05) is 39.8 Å². The van der Waals surface area contributed by atoms with Gasteiger partial charge in [-0.3, -0.25) is 19.5 Å². The molecule has 0 saturated carbocycles. The predicted octanol–water partition coefficient (Wildman–Crippen LogP) is 2.03. The molecular formula is C22H19BrF2N6O3. The van der Waals surface area contributed by atoms with Crippen LogP contribution in [0.1, 0.15) is 15.9 Å². The number of aromatic nitrogens is 2. The highest BCUT2D eigenvalue weighted by Gasteiger charge is 2.60. The van der Waals surface area contributed by atoms with Crippen molar-refractivity contribution in [3.8, 4) is 0 Å². The van der Waals surface area contributed by atoms with E-state index in [0.717, 1.165) is 0 Å². The zero-order chi connectivity index (χ0) is 24.2. The van der Waals surface area contributed by atoms with E-state index in [1.54, 1.807) is 41.3 Å². The number of carbonyl (C=O) groups is 3. The Bertz CT molecular complexity index is 1340. The van der Waals surface area contributed by atoms with Crippen molar-refractivity contribution in [3.63, 3.8) is 0 Å². The van der Waals surface area contributed by atoms with Crippen molar-refractivity contribution in [1.82, 2.24) is 20.4 Å². The number of nitrogens with one attached hydrogen (secondary N) is 2. The number of nitrogens with two attached hydrogens (primary N) is 1. The fourth-order valence-corrected chi connectivity index (χ4v) is 5.37. The van der Waals surface area contributed by atoms with Crippen molar-refractivity contribution in [2.75, 3.05) is 36.8 Å². The van der Waals surface area contributed by atoms with E-state index in [4.69, 9.17) is 5.73 Å². The maximum Gasteiger partial charge on any atom is 0.255 e. The maximum absolute atomic E-state index is 13.5. The molecule has 2 aliphatic rings. The van der Waals surface area contributed by atoms with Gasteiger partial charge in [-0.1, -0.05) is 22.0 Å². The van der Waals surface area contributed by atoms with Crippen molar-refractivity contribution in [2.24, 2.45) is 0 Å². The first kappa shape index (κ1) is 22.3. The lowest BCUT2D eigenvalue weighted by molar-refractivity contribution is -0.130. The minimum atomic E-state index is -2.69. The quantitative estimate of drug-likeness (QED) is 0.463. The number of fused-ring (bicyclic) bond motifs is 3. The number of nitrogens with zero attached hydrogens (tertiary/aromatic N) is 3. The minimum absolute atomic E-state index is 0.124. The van der Waals surface area contributed by atoms with E-state index in [0.29, 0.717) is 38.0 Å². The molecule has 5 rings (SSSR count). The molecule has 9 nitrogen and oxygen atoms in total. The number of anilines is 2. The molecule has 34 heavy (non-hydrogen) atoms. The summed E-state index contributed by atoms with van der Waals surface area (Å²) in [5.41, 5.74) is 7.02. The highest BCUT2D eigenvalue weighted by Crippen LogP contribution is 2.50. The normalized spacial score (nSPS) is 16.3. The van der Waals surface area contributed by atoms with Gasteiger partial charge < -0.3 is 20.9 Å². The van der Waals surface area contributed by atoms with Gasteiger partial charge in [-0.05, 0) is 30.3 Å². The Morgan fingerprint density at radius 1 is 1.26 bits per heavy atom. The summed E-state index contributed by atoms with van der Waals surface area (Å²) in [5.74, 6) is -0.943. The molecule has 2 aliphatic heterocycles. The van der Waals surface area contributed by atoms with Crippen molar-refractivity contribution in [1.29, 1.82) is 0 Å². The second kappa shape index (κ2) is 8.05. The van der Waals surface area contributed by atoms with Crippen LogP contribution in [0.25, 0.3) is 10.9 Å². The van der Waals surface area contributed by atoms with Gasteiger partial charge in [-0.15, -0.1) is 0 Å². The largest absolute Gasteiger partial charge is 0.382 e. The van der Waals surface area contributed by atoms with E-state index in [2.05, 4.69) is 31.4 Å². The van der Waals surface area contributed by atoms with Crippen molar-refractivity contribution >= 4 is 56.1 Å². The summed E-state index contributed by atoms with van der Waals surface area (Å²) in [7, 11) is 0. The van der Waals surface area contributed by atoms with E-state index < -0.39 is 24.3 Å². The Kier molecular flexibility index (Phi) is 5.27. The lowest BCUT2D eigenvalue weighted by Gasteiger charge is -2.47. The molecule has 3 aromatic rings. The Morgan fingerprint density at radius 2 is 2.03 bits per heavy atom. The topological polar surface area (TPSA) is 124 Å². The number of halogens is 3. The van der Waals surface area contributed by atoms with Crippen LogP contribution in [-0.2, 0) is 15.0 Å². The van der Waals surface area contributed by atoms with Crippen molar-refractivity contribution in [3.05, 3.63) is 52.0 Å². The van der Waals surface area contributed by atoms with Crippen molar-refractivity contribution in [2.45, 2.75) is 11.8 Å². The summed E-state index contributed by atoms with van der Waals surface area (Å²) in [6.45, 7) is -0.925. The lowest BCUT2D eigenvalue weighted by atomic mass is 9.74. The number of carbonyl (C=O) groups excluding carboxylic acids is 3. The second-order valence-corrected chi connectivity index (χ2v) is 9.19. The average molecular weight is 533 g/mol. The summed E-state index contributed by atoms with van der Waals surface area (Å²) < 4.78 is 25.6. The van der Waals surface area contributed by atoms with Crippen LogP contribution in [0, 0.1) is 0 Å². The van der Waals surface area contributed by atoms with Crippen LogP contribution in [0.15, 0.2) is 40.9 Å². The molecule has 0 bridgehead atoms. The molecule has 1 fully saturated rings. The molecule has 0 atom stereocenters. The molecule has 12 heteroatoms. The highest BCUT2D eigenvalue weighted by atomic mass is 79.9. The third-order valence-corrected chi connectivity index (χ3v) is 6.88. The second-order valence-electron chi connectivity index (χ2n) is 8.33. The smallest absolute Gasteiger partial charge is 0.255 e. The number of hydrogen-bond donors (Lipinski definition) is 3. The zero-order valence-corrected chi connectivity index (χ0v) is 19.2. The first-order chi connectivity index (χ1) is 16.2.